The molecule has 2 aromatic carbocycles. The molecule has 0 atom stereocenters. The highest BCUT2D eigenvalue weighted by atomic mass is 79.9. The van der Waals surface area contributed by atoms with E-state index in [1.165, 1.54) is 11.0 Å². The van der Waals surface area contributed by atoms with Crippen molar-refractivity contribution in [1.29, 1.82) is 0 Å². The van der Waals surface area contributed by atoms with E-state index in [1.54, 1.807) is 36.4 Å². The third kappa shape index (κ3) is 4.11. The minimum absolute atomic E-state index is 0.170. The number of rotatable bonds is 5. The van der Waals surface area contributed by atoms with Crippen molar-refractivity contribution in [2.45, 2.75) is 18.4 Å². The van der Waals surface area contributed by atoms with Gasteiger partial charge in [-0.25, -0.2) is 8.42 Å². The van der Waals surface area contributed by atoms with Crippen LogP contribution >= 0.6 is 27.7 Å². The van der Waals surface area contributed by atoms with Crippen LogP contribution in [-0.2, 0) is 21.4 Å². The first-order valence-electron chi connectivity index (χ1n) is 7.61. The molecule has 0 unspecified atom stereocenters. The van der Waals surface area contributed by atoms with Gasteiger partial charge in [-0.15, -0.1) is 0 Å². The molecule has 0 aromatic heterocycles. The number of anilines is 1. The summed E-state index contributed by atoms with van der Waals surface area (Å²) in [4.78, 5) is 24.6. The molecule has 0 spiro atoms. The van der Waals surface area contributed by atoms with Crippen molar-refractivity contribution < 1.29 is 18.0 Å². The highest BCUT2D eigenvalue weighted by Gasteiger charge is 2.29. The largest absolute Gasteiger partial charge is 0.289 e. The molecule has 2 amide bonds. The summed E-state index contributed by atoms with van der Waals surface area (Å²) >= 11 is 4.33. The van der Waals surface area contributed by atoms with Gasteiger partial charge in [0.1, 0.15) is 0 Å². The van der Waals surface area contributed by atoms with Gasteiger partial charge in [0.2, 0.25) is 5.91 Å². The molecule has 6 nitrogen and oxygen atoms in total. The van der Waals surface area contributed by atoms with Gasteiger partial charge in [0.05, 0.1) is 17.2 Å². The average molecular weight is 455 g/mol. The average Bonchev–Trinajstić information content (AvgIpc) is 2.90. The fraction of sp³-hybridized carbons (Fsp3) is 0.176. The SMILES string of the molecule is Cc1cc(S(=O)(=O)Nc2ccc(CN3C(=O)CSC3=O)cc2)ccc1Br. The van der Waals surface area contributed by atoms with Gasteiger partial charge in [0.15, 0.2) is 0 Å². The predicted molar refractivity (Wildman–Crippen MR) is 105 cm³/mol. The highest BCUT2D eigenvalue weighted by molar-refractivity contribution is 9.10. The number of hydrogen-bond acceptors (Lipinski definition) is 5. The summed E-state index contributed by atoms with van der Waals surface area (Å²) in [5, 5.41) is -0.259. The van der Waals surface area contributed by atoms with Gasteiger partial charge in [0.25, 0.3) is 15.3 Å². The molecular weight excluding hydrogens is 440 g/mol. The number of halogens is 1. The van der Waals surface area contributed by atoms with Gasteiger partial charge in [-0.2, -0.15) is 0 Å². The van der Waals surface area contributed by atoms with E-state index in [0.29, 0.717) is 5.69 Å². The first-order chi connectivity index (χ1) is 12.3. The van der Waals surface area contributed by atoms with E-state index >= 15 is 0 Å². The van der Waals surface area contributed by atoms with Crippen LogP contribution in [-0.4, -0.2) is 30.2 Å². The van der Waals surface area contributed by atoms with Crippen LogP contribution < -0.4 is 4.72 Å². The molecule has 1 aliphatic heterocycles. The zero-order valence-electron chi connectivity index (χ0n) is 13.7. The van der Waals surface area contributed by atoms with E-state index in [9.17, 15) is 18.0 Å². The molecule has 9 heteroatoms. The number of thioether (sulfide) groups is 1. The Morgan fingerprint density at radius 3 is 2.42 bits per heavy atom. The van der Waals surface area contributed by atoms with E-state index < -0.39 is 10.0 Å². The Kier molecular flexibility index (Phi) is 5.40. The second kappa shape index (κ2) is 7.42. The molecule has 1 fully saturated rings. The second-order valence-electron chi connectivity index (χ2n) is 5.75. The van der Waals surface area contributed by atoms with E-state index in [2.05, 4.69) is 20.7 Å². The molecular formula is C17H15BrN2O4S2. The number of benzene rings is 2. The van der Waals surface area contributed by atoms with Crippen molar-refractivity contribution in [3.63, 3.8) is 0 Å². The van der Waals surface area contributed by atoms with Crippen LogP contribution in [0.25, 0.3) is 0 Å². The van der Waals surface area contributed by atoms with Crippen LogP contribution in [0.15, 0.2) is 51.8 Å². The van der Waals surface area contributed by atoms with Crippen LogP contribution in [0, 0.1) is 6.92 Å². The van der Waals surface area contributed by atoms with Crippen LogP contribution in [0.4, 0.5) is 10.5 Å². The third-order valence-corrected chi connectivity index (χ3v) is 6.95. The number of nitrogens with one attached hydrogen (secondary N) is 1. The van der Waals surface area contributed by atoms with Crippen molar-refractivity contribution in [3.05, 3.63) is 58.1 Å². The Labute approximate surface area is 164 Å². The molecule has 1 N–H and O–H groups in total. The van der Waals surface area contributed by atoms with Crippen molar-refractivity contribution in [1.82, 2.24) is 4.90 Å². The van der Waals surface area contributed by atoms with Crippen LogP contribution in [0.3, 0.4) is 0 Å². The molecule has 136 valence electrons. The predicted octanol–water partition coefficient (Wildman–Crippen LogP) is 3.75. The number of imide groups is 1. The topological polar surface area (TPSA) is 83.6 Å². The maximum Gasteiger partial charge on any atom is 0.289 e. The van der Waals surface area contributed by atoms with Gasteiger partial charge in [-0.1, -0.05) is 39.8 Å². The molecule has 0 aliphatic carbocycles. The fourth-order valence-electron chi connectivity index (χ4n) is 2.39. The van der Waals surface area contributed by atoms with E-state index in [4.69, 9.17) is 0 Å². The number of carbonyl (C=O) groups excluding carboxylic acids is 2. The van der Waals surface area contributed by atoms with E-state index in [1.807, 2.05) is 6.92 Å². The first kappa shape index (κ1) is 18.9. The Morgan fingerprint density at radius 1 is 1.15 bits per heavy atom. The monoisotopic (exact) mass is 454 g/mol. The van der Waals surface area contributed by atoms with E-state index in [-0.39, 0.29) is 28.3 Å². The van der Waals surface area contributed by atoms with Gasteiger partial charge in [0, 0.05) is 10.2 Å². The van der Waals surface area contributed by atoms with E-state index in [0.717, 1.165) is 27.4 Å². The van der Waals surface area contributed by atoms with Crippen LogP contribution in [0.5, 0.6) is 0 Å². The lowest BCUT2D eigenvalue weighted by Gasteiger charge is -2.13. The number of hydrogen-bond donors (Lipinski definition) is 1. The van der Waals surface area contributed by atoms with Crippen molar-refractivity contribution in [3.8, 4) is 0 Å². The van der Waals surface area contributed by atoms with Crippen LogP contribution in [0.1, 0.15) is 11.1 Å². The summed E-state index contributed by atoms with van der Waals surface area (Å²) in [6, 6.07) is 11.4. The normalized spacial score (nSPS) is 14.8. The van der Waals surface area contributed by atoms with Gasteiger partial charge < -0.3 is 0 Å². The minimum Gasteiger partial charge on any atom is -0.280 e. The number of nitrogens with zero attached hydrogens (tertiary/aromatic N) is 1. The molecule has 0 saturated carbocycles. The van der Waals surface area contributed by atoms with Crippen molar-refractivity contribution >= 4 is 54.5 Å². The molecule has 1 aliphatic rings. The summed E-state index contributed by atoms with van der Waals surface area (Å²) in [6.07, 6.45) is 0. The standard InChI is InChI=1S/C17H15BrN2O4S2/c1-11-8-14(6-7-15(11)18)26(23,24)19-13-4-2-12(3-5-13)9-20-16(21)10-25-17(20)22/h2-8,19H,9-10H2,1H3. The lowest BCUT2D eigenvalue weighted by atomic mass is 10.2. The second-order valence-corrected chi connectivity index (χ2v) is 9.21. The first-order valence-corrected chi connectivity index (χ1v) is 10.9. The maximum atomic E-state index is 12.5. The van der Waals surface area contributed by atoms with Crippen LogP contribution in [0.2, 0.25) is 0 Å². The maximum absolute atomic E-state index is 12.5. The van der Waals surface area contributed by atoms with Gasteiger partial charge >= 0.3 is 0 Å². The van der Waals surface area contributed by atoms with Gasteiger partial charge in [-0.05, 0) is 48.4 Å². The fourth-order valence-corrected chi connectivity index (χ4v) is 4.51. The summed E-state index contributed by atoms with van der Waals surface area (Å²) in [5.74, 6) is -0.0426. The zero-order valence-corrected chi connectivity index (χ0v) is 16.9. The Hall–Kier alpha value is -1.84. The summed E-state index contributed by atoms with van der Waals surface area (Å²) in [5.41, 5.74) is 1.97. The third-order valence-electron chi connectivity index (χ3n) is 3.83. The Balaban J connectivity index is 1.73. The molecule has 1 saturated heterocycles. The number of aryl methyl sites for hydroxylation is 1. The molecule has 0 radical (unpaired) electrons. The van der Waals surface area contributed by atoms with Gasteiger partial charge in [-0.3, -0.25) is 19.2 Å². The summed E-state index contributed by atoms with van der Waals surface area (Å²) in [7, 11) is -3.70. The number of carbonyl (C=O) groups is 2. The smallest absolute Gasteiger partial charge is 0.280 e. The number of amides is 2. The molecule has 26 heavy (non-hydrogen) atoms. The number of sulfonamides is 1. The lowest BCUT2D eigenvalue weighted by molar-refractivity contribution is -0.125. The molecule has 2 aromatic rings. The Morgan fingerprint density at radius 2 is 1.85 bits per heavy atom. The molecule has 0 bridgehead atoms. The van der Waals surface area contributed by atoms with Crippen molar-refractivity contribution in [2.24, 2.45) is 0 Å². The minimum atomic E-state index is -3.70. The Bertz CT molecular complexity index is 959. The highest BCUT2D eigenvalue weighted by Crippen LogP contribution is 2.24. The summed E-state index contributed by atoms with van der Waals surface area (Å²) < 4.78 is 28.3. The quantitative estimate of drug-likeness (QED) is 0.743. The lowest BCUT2D eigenvalue weighted by Crippen LogP contribution is -2.27. The summed E-state index contributed by atoms with van der Waals surface area (Å²) in [6.45, 7) is 2.00. The molecule has 3 rings (SSSR count). The molecule has 1 heterocycles. The zero-order chi connectivity index (χ0) is 18.9. The van der Waals surface area contributed by atoms with Crippen molar-refractivity contribution in [2.75, 3.05) is 10.5 Å².